The van der Waals surface area contributed by atoms with Crippen molar-refractivity contribution >= 4 is 0 Å². The number of methoxy groups -OCH3 is 1. The summed E-state index contributed by atoms with van der Waals surface area (Å²) in [5.41, 5.74) is 0.0388. The zero-order valence-corrected chi connectivity index (χ0v) is 13.6. The minimum atomic E-state index is -1.32. The maximum Gasteiger partial charge on any atom is 0.131 e. The van der Waals surface area contributed by atoms with Crippen molar-refractivity contribution in [2.45, 2.75) is 63.7 Å². The zero-order valence-electron chi connectivity index (χ0n) is 13.6. The van der Waals surface area contributed by atoms with E-state index in [9.17, 15) is 9.50 Å². The number of ether oxygens (including phenoxy) is 3. The third-order valence-corrected chi connectivity index (χ3v) is 4.63. The molecule has 2 aliphatic rings. The molecule has 122 valence electrons. The molecule has 0 bridgehead atoms. The van der Waals surface area contributed by atoms with Crippen LogP contribution in [0.25, 0.3) is 0 Å². The molecule has 1 saturated carbocycles. The molecular weight excluding hydrogens is 275 g/mol. The lowest BCUT2D eigenvalue weighted by molar-refractivity contribution is -0.189. The van der Waals surface area contributed by atoms with Gasteiger partial charge in [0.05, 0.1) is 24.9 Å². The van der Waals surface area contributed by atoms with E-state index in [1.165, 1.54) is 12.7 Å². The predicted molar refractivity (Wildman–Crippen MR) is 78.0 cm³/mol. The molecule has 2 rings (SSSR count). The van der Waals surface area contributed by atoms with Gasteiger partial charge >= 0.3 is 0 Å². The minimum Gasteiger partial charge on any atom is -0.387 e. The second-order valence-corrected chi connectivity index (χ2v) is 6.94. The zero-order chi connectivity index (χ0) is 15.8. The summed E-state index contributed by atoms with van der Waals surface area (Å²) in [5, 5.41) is 10.1. The van der Waals surface area contributed by atoms with Gasteiger partial charge in [0.1, 0.15) is 17.9 Å². The highest BCUT2D eigenvalue weighted by Crippen LogP contribution is 2.52. The lowest BCUT2D eigenvalue weighted by Crippen LogP contribution is -2.61. The van der Waals surface area contributed by atoms with Gasteiger partial charge < -0.3 is 19.3 Å². The first-order chi connectivity index (χ1) is 9.73. The molecule has 0 unspecified atom stereocenters. The fourth-order valence-electron chi connectivity index (χ4n) is 3.49. The lowest BCUT2D eigenvalue weighted by Gasteiger charge is -2.47. The molecular formula is C16H27FO4. The molecule has 0 radical (unpaired) electrons. The van der Waals surface area contributed by atoms with Crippen LogP contribution in [0.15, 0.2) is 11.6 Å². The van der Waals surface area contributed by atoms with E-state index in [1.54, 1.807) is 0 Å². The Balaban J connectivity index is 2.19. The Labute approximate surface area is 126 Å². The maximum atomic E-state index is 14.0. The van der Waals surface area contributed by atoms with Crippen molar-refractivity contribution in [1.29, 1.82) is 0 Å². The van der Waals surface area contributed by atoms with Crippen molar-refractivity contribution in [2.75, 3.05) is 20.3 Å². The number of hydrogen-bond donors (Lipinski definition) is 1. The van der Waals surface area contributed by atoms with Gasteiger partial charge in [-0.2, -0.15) is 0 Å². The molecule has 1 heterocycles. The number of epoxide rings is 1. The molecule has 1 aliphatic carbocycles. The average molecular weight is 302 g/mol. The van der Waals surface area contributed by atoms with Crippen LogP contribution in [0.4, 0.5) is 4.39 Å². The van der Waals surface area contributed by atoms with E-state index in [4.69, 9.17) is 14.2 Å². The predicted octanol–water partition coefficient (Wildman–Crippen LogP) is 2.25. The standard InChI is InChI=1S/C16H27FO4/c1-10(2)6-7-20-15(3,4)14-13(19-5)12(18)11(17)8-16(14)9-21-16/h6,11-14,18H,7-9H2,1-5H3/t11-,12+,13+,14+,16-/m0/s1. The topological polar surface area (TPSA) is 51.2 Å². The van der Waals surface area contributed by atoms with E-state index in [2.05, 4.69) is 0 Å². The number of aliphatic hydroxyl groups is 1. The number of aliphatic hydroxyl groups excluding tert-OH is 1. The van der Waals surface area contributed by atoms with Crippen LogP contribution in [0, 0.1) is 5.92 Å². The van der Waals surface area contributed by atoms with Crippen LogP contribution in [0.1, 0.15) is 34.1 Å². The maximum absolute atomic E-state index is 14.0. The molecule has 5 atom stereocenters. The summed E-state index contributed by atoms with van der Waals surface area (Å²) >= 11 is 0. The first-order valence-electron chi connectivity index (χ1n) is 7.50. The smallest absolute Gasteiger partial charge is 0.131 e. The van der Waals surface area contributed by atoms with E-state index in [0.29, 0.717) is 13.2 Å². The van der Waals surface area contributed by atoms with Gasteiger partial charge in [0.25, 0.3) is 0 Å². The second kappa shape index (κ2) is 5.95. The molecule has 1 saturated heterocycles. The van der Waals surface area contributed by atoms with Crippen LogP contribution in [0.2, 0.25) is 0 Å². The highest BCUT2D eigenvalue weighted by molar-refractivity contribution is 5.14. The van der Waals surface area contributed by atoms with Crippen molar-refractivity contribution in [3.8, 4) is 0 Å². The molecule has 5 heteroatoms. The van der Waals surface area contributed by atoms with E-state index in [-0.39, 0.29) is 12.3 Å². The van der Waals surface area contributed by atoms with Gasteiger partial charge in [0, 0.05) is 19.4 Å². The molecule has 2 fully saturated rings. The third kappa shape index (κ3) is 3.31. The van der Waals surface area contributed by atoms with Crippen molar-refractivity contribution < 1.29 is 23.7 Å². The van der Waals surface area contributed by atoms with Crippen molar-refractivity contribution in [2.24, 2.45) is 5.92 Å². The van der Waals surface area contributed by atoms with Gasteiger partial charge in [-0.15, -0.1) is 0 Å². The molecule has 0 aromatic heterocycles. The van der Waals surface area contributed by atoms with Crippen LogP contribution < -0.4 is 0 Å². The van der Waals surface area contributed by atoms with Crippen molar-refractivity contribution in [1.82, 2.24) is 0 Å². The average Bonchev–Trinajstić information content (AvgIpc) is 3.12. The Morgan fingerprint density at radius 2 is 2.10 bits per heavy atom. The molecule has 0 aromatic carbocycles. The monoisotopic (exact) mass is 302 g/mol. The summed E-state index contributed by atoms with van der Waals surface area (Å²) in [7, 11) is 1.50. The van der Waals surface area contributed by atoms with Gasteiger partial charge in [0.2, 0.25) is 0 Å². The first-order valence-corrected chi connectivity index (χ1v) is 7.50. The summed E-state index contributed by atoms with van der Waals surface area (Å²) in [4.78, 5) is 0. The second-order valence-electron chi connectivity index (χ2n) is 6.94. The molecule has 1 aliphatic heterocycles. The van der Waals surface area contributed by atoms with Crippen molar-refractivity contribution in [3.05, 3.63) is 11.6 Å². The van der Waals surface area contributed by atoms with Crippen molar-refractivity contribution in [3.63, 3.8) is 0 Å². The number of hydrogen-bond acceptors (Lipinski definition) is 4. The first kappa shape index (κ1) is 16.9. The molecule has 0 aromatic rings. The highest BCUT2D eigenvalue weighted by atomic mass is 19.1. The lowest BCUT2D eigenvalue weighted by atomic mass is 9.67. The minimum absolute atomic E-state index is 0.203. The fraction of sp³-hybridized carbons (Fsp3) is 0.875. The normalized spacial score (nSPS) is 39.4. The van der Waals surface area contributed by atoms with Gasteiger partial charge in [-0.3, -0.25) is 0 Å². The molecule has 4 nitrogen and oxygen atoms in total. The molecule has 1 spiro atoms. The molecule has 0 amide bonds. The van der Waals surface area contributed by atoms with Gasteiger partial charge in [0.15, 0.2) is 0 Å². The van der Waals surface area contributed by atoms with Crippen LogP contribution in [-0.4, -0.2) is 55.0 Å². The summed E-state index contributed by atoms with van der Waals surface area (Å²) in [6.45, 7) is 8.91. The van der Waals surface area contributed by atoms with Crippen LogP contribution >= 0.6 is 0 Å². The fourth-order valence-corrected chi connectivity index (χ4v) is 3.49. The largest absolute Gasteiger partial charge is 0.387 e. The number of rotatable bonds is 5. The number of alkyl halides is 1. The Morgan fingerprint density at radius 3 is 2.57 bits per heavy atom. The molecule has 1 N–H and O–H groups in total. The van der Waals surface area contributed by atoms with E-state index in [1.807, 2.05) is 33.8 Å². The summed E-state index contributed by atoms with van der Waals surface area (Å²) in [6.07, 6.45) is -0.878. The third-order valence-electron chi connectivity index (χ3n) is 4.63. The van der Waals surface area contributed by atoms with Crippen LogP contribution in [0.5, 0.6) is 0 Å². The number of halogens is 1. The Bertz CT molecular complexity index is 399. The Morgan fingerprint density at radius 1 is 1.48 bits per heavy atom. The van der Waals surface area contributed by atoms with Gasteiger partial charge in [-0.1, -0.05) is 11.6 Å². The van der Waals surface area contributed by atoms with E-state index in [0.717, 1.165) is 0 Å². The summed E-state index contributed by atoms with van der Waals surface area (Å²) in [6, 6.07) is 0. The quantitative estimate of drug-likeness (QED) is 0.625. The molecule has 21 heavy (non-hydrogen) atoms. The van der Waals surface area contributed by atoms with Crippen LogP contribution in [0.3, 0.4) is 0 Å². The SMILES string of the molecule is CO[C@@H]1[C@H](O)[C@@H](F)C[C@]2(CO2)[C@H]1C(C)(C)OCC=C(C)C. The summed E-state index contributed by atoms with van der Waals surface area (Å²) in [5.74, 6) is -0.206. The van der Waals surface area contributed by atoms with E-state index >= 15 is 0 Å². The van der Waals surface area contributed by atoms with Gasteiger partial charge in [-0.25, -0.2) is 4.39 Å². The Hall–Kier alpha value is -0.490. The number of allylic oxidation sites excluding steroid dienone is 1. The Kier molecular flexibility index (Phi) is 4.78. The summed E-state index contributed by atoms with van der Waals surface area (Å²) < 4.78 is 31.0. The highest BCUT2D eigenvalue weighted by Gasteiger charge is 2.66. The van der Waals surface area contributed by atoms with Gasteiger partial charge in [-0.05, 0) is 27.7 Å². The van der Waals surface area contributed by atoms with E-state index < -0.39 is 29.6 Å². The van der Waals surface area contributed by atoms with Crippen LogP contribution in [-0.2, 0) is 14.2 Å².